The lowest BCUT2D eigenvalue weighted by atomic mass is 10.1. The van der Waals surface area contributed by atoms with Crippen molar-refractivity contribution in [2.24, 2.45) is 0 Å². The molecule has 0 saturated carbocycles. The van der Waals surface area contributed by atoms with E-state index in [0.29, 0.717) is 0 Å². The van der Waals surface area contributed by atoms with E-state index in [9.17, 15) is 13.6 Å². The highest BCUT2D eigenvalue weighted by atomic mass is 19.1. The van der Waals surface area contributed by atoms with Gasteiger partial charge in [-0.3, -0.25) is 4.79 Å². The number of amides is 1. The van der Waals surface area contributed by atoms with E-state index < -0.39 is 11.6 Å². The minimum absolute atomic E-state index is 0.000540. The molecule has 0 aromatic heterocycles. The predicted molar refractivity (Wildman–Crippen MR) is 61.3 cm³/mol. The third-order valence-corrected chi connectivity index (χ3v) is 2.38. The molecule has 0 heterocycles. The Bertz CT molecular complexity index is 424. The van der Waals surface area contributed by atoms with Crippen LogP contribution in [0.4, 0.5) is 8.78 Å². The average Bonchev–Trinajstić information content (AvgIpc) is 2.33. The average molecular weight is 259 g/mol. The summed E-state index contributed by atoms with van der Waals surface area (Å²) in [6, 6.07) is 2.02. The van der Waals surface area contributed by atoms with Crippen LogP contribution in [0.15, 0.2) is 12.1 Å². The molecule has 0 fully saturated rings. The highest BCUT2D eigenvalue weighted by Crippen LogP contribution is 2.21. The molecule has 0 spiro atoms. The number of aliphatic hydroxyl groups is 1. The van der Waals surface area contributed by atoms with Gasteiger partial charge in [-0.2, -0.15) is 0 Å². The monoisotopic (exact) mass is 259 g/mol. The number of hydrogen-bond acceptors (Lipinski definition) is 3. The second-order valence-electron chi connectivity index (χ2n) is 3.65. The zero-order valence-corrected chi connectivity index (χ0v) is 10.0. The number of halogens is 2. The maximum Gasteiger partial charge on any atom is 0.222 e. The van der Waals surface area contributed by atoms with Crippen molar-refractivity contribution in [3.8, 4) is 5.75 Å². The fourth-order valence-electron chi connectivity index (χ4n) is 1.44. The highest BCUT2D eigenvalue weighted by Gasteiger charge is 2.10. The van der Waals surface area contributed by atoms with Crippen LogP contribution >= 0.6 is 0 Å². The number of carbonyl (C=O) groups excluding carboxylic acids is 1. The molecule has 1 amide bonds. The van der Waals surface area contributed by atoms with E-state index in [-0.39, 0.29) is 43.2 Å². The molecule has 18 heavy (non-hydrogen) atoms. The van der Waals surface area contributed by atoms with Gasteiger partial charge in [-0.25, -0.2) is 8.78 Å². The summed E-state index contributed by atoms with van der Waals surface area (Å²) in [4.78, 5) is 11.0. The van der Waals surface area contributed by atoms with Crippen molar-refractivity contribution < 1.29 is 23.4 Å². The zero-order valence-electron chi connectivity index (χ0n) is 10.0. The van der Waals surface area contributed by atoms with Gasteiger partial charge in [0.1, 0.15) is 5.82 Å². The highest BCUT2D eigenvalue weighted by molar-refractivity contribution is 5.75. The molecular weight excluding hydrogens is 244 g/mol. The summed E-state index contributed by atoms with van der Waals surface area (Å²) in [5.41, 5.74) is 0.164. The lowest BCUT2D eigenvalue weighted by molar-refractivity contribution is -0.121. The summed E-state index contributed by atoms with van der Waals surface area (Å²) < 4.78 is 31.5. The second-order valence-corrected chi connectivity index (χ2v) is 3.65. The largest absolute Gasteiger partial charge is 0.494 e. The van der Waals surface area contributed by atoms with Crippen molar-refractivity contribution in [1.82, 2.24) is 5.32 Å². The molecule has 1 aromatic carbocycles. The van der Waals surface area contributed by atoms with Crippen molar-refractivity contribution in [2.45, 2.75) is 12.8 Å². The van der Waals surface area contributed by atoms with Gasteiger partial charge < -0.3 is 15.2 Å². The standard InChI is InChI=1S/C12H15F2NO3/c1-18-11-7-9(13)8(6-10(11)14)2-4-15-12(17)3-5-16/h6-7,16H,2-5H2,1H3,(H,15,17). The maximum atomic E-state index is 13.5. The topological polar surface area (TPSA) is 58.6 Å². The molecule has 2 N–H and O–H groups in total. The van der Waals surface area contributed by atoms with Crippen LogP contribution in [0.25, 0.3) is 0 Å². The SMILES string of the molecule is COc1cc(F)c(CCNC(=O)CCO)cc1F. The Balaban J connectivity index is 2.57. The first-order valence-corrected chi connectivity index (χ1v) is 5.48. The van der Waals surface area contributed by atoms with E-state index in [4.69, 9.17) is 5.11 Å². The van der Waals surface area contributed by atoms with Gasteiger partial charge in [0.25, 0.3) is 0 Å². The molecule has 0 radical (unpaired) electrons. The van der Waals surface area contributed by atoms with Crippen molar-refractivity contribution in [3.05, 3.63) is 29.3 Å². The number of rotatable bonds is 6. The van der Waals surface area contributed by atoms with Gasteiger partial charge in [-0.05, 0) is 18.1 Å². The van der Waals surface area contributed by atoms with Crippen LogP contribution < -0.4 is 10.1 Å². The molecule has 0 saturated heterocycles. The first-order chi connectivity index (χ1) is 8.58. The summed E-state index contributed by atoms with van der Waals surface area (Å²) in [6.07, 6.45) is 0.170. The summed E-state index contributed by atoms with van der Waals surface area (Å²) in [6.45, 7) is -0.0567. The number of nitrogens with one attached hydrogen (secondary N) is 1. The van der Waals surface area contributed by atoms with Crippen LogP contribution in [0, 0.1) is 11.6 Å². The van der Waals surface area contributed by atoms with Crippen molar-refractivity contribution in [3.63, 3.8) is 0 Å². The molecule has 0 aliphatic carbocycles. The lowest BCUT2D eigenvalue weighted by Gasteiger charge is -2.08. The van der Waals surface area contributed by atoms with Crippen LogP contribution in [-0.2, 0) is 11.2 Å². The van der Waals surface area contributed by atoms with Crippen LogP contribution in [0.5, 0.6) is 5.75 Å². The third-order valence-electron chi connectivity index (χ3n) is 2.38. The maximum absolute atomic E-state index is 13.5. The summed E-state index contributed by atoms with van der Waals surface area (Å²) in [5.74, 6) is -1.70. The summed E-state index contributed by atoms with van der Waals surface area (Å²) in [5, 5.41) is 11.0. The molecule has 100 valence electrons. The molecule has 1 rings (SSSR count). The molecule has 0 aliphatic rings. The summed E-state index contributed by atoms with van der Waals surface area (Å²) in [7, 11) is 1.26. The van der Waals surface area contributed by atoms with Gasteiger partial charge in [0, 0.05) is 19.0 Å². The molecular formula is C12H15F2NO3. The van der Waals surface area contributed by atoms with E-state index in [1.165, 1.54) is 7.11 Å². The number of aliphatic hydroxyl groups excluding tert-OH is 1. The molecule has 0 aliphatic heterocycles. The van der Waals surface area contributed by atoms with Gasteiger partial charge in [0.05, 0.1) is 13.7 Å². The Morgan fingerprint density at radius 2 is 2.11 bits per heavy atom. The quantitative estimate of drug-likeness (QED) is 0.801. The van der Waals surface area contributed by atoms with Crippen molar-refractivity contribution in [2.75, 3.05) is 20.3 Å². The zero-order chi connectivity index (χ0) is 13.5. The van der Waals surface area contributed by atoms with E-state index in [2.05, 4.69) is 10.1 Å². The minimum atomic E-state index is -0.643. The first kappa shape index (κ1) is 14.4. The van der Waals surface area contributed by atoms with Gasteiger partial charge in [-0.1, -0.05) is 0 Å². The van der Waals surface area contributed by atoms with Gasteiger partial charge in [0.15, 0.2) is 11.6 Å². The van der Waals surface area contributed by atoms with Crippen molar-refractivity contribution in [1.29, 1.82) is 0 Å². The second kappa shape index (κ2) is 6.90. The van der Waals surface area contributed by atoms with E-state index >= 15 is 0 Å². The van der Waals surface area contributed by atoms with E-state index in [1.54, 1.807) is 0 Å². The molecule has 0 unspecified atom stereocenters. The first-order valence-electron chi connectivity index (χ1n) is 5.48. The Morgan fingerprint density at radius 1 is 1.39 bits per heavy atom. The molecule has 4 nitrogen and oxygen atoms in total. The molecule has 1 aromatic rings. The number of carbonyl (C=O) groups is 1. The molecule has 0 bridgehead atoms. The lowest BCUT2D eigenvalue weighted by Crippen LogP contribution is -2.26. The number of hydrogen-bond donors (Lipinski definition) is 2. The van der Waals surface area contributed by atoms with Gasteiger partial charge >= 0.3 is 0 Å². The van der Waals surface area contributed by atoms with E-state index in [1.807, 2.05) is 0 Å². The van der Waals surface area contributed by atoms with Crippen LogP contribution in [0.1, 0.15) is 12.0 Å². The normalized spacial score (nSPS) is 10.2. The van der Waals surface area contributed by atoms with Crippen molar-refractivity contribution >= 4 is 5.91 Å². The Morgan fingerprint density at radius 3 is 2.72 bits per heavy atom. The number of methoxy groups -OCH3 is 1. The van der Waals surface area contributed by atoms with Crippen LogP contribution in [0.2, 0.25) is 0 Å². The molecule has 6 heteroatoms. The predicted octanol–water partition coefficient (Wildman–Crippen LogP) is 1.01. The van der Waals surface area contributed by atoms with Gasteiger partial charge in [0.2, 0.25) is 5.91 Å². The van der Waals surface area contributed by atoms with Gasteiger partial charge in [-0.15, -0.1) is 0 Å². The third kappa shape index (κ3) is 3.96. The smallest absolute Gasteiger partial charge is 0.222 e. The fourth-order valence-corrected chi connectivity index (χ4v) is 1.44. The van der Waals surface area contributed by atoms with E-state index in [0.717, 1.165) is 12.1 Å². The molecule has 0 atom stereocenters. The number of benzene rings is 1. The fraction of sp³-hybridized carbons (Fsp3) is 0.417. The number of ether oxygens (including phenoxy) is 1. The Kier molecular flexibility index (Phi) is 5.51. The van der Waals surface area contributed by atoms with Crippen LogP contribution in [-0.4, -0.2) is 31.3 Å². The minimum Gasteiger partial charge on any atom is -0.494 e. The Labute approximate surface area is 104 Å². The Hall–Kier alpha value is -1.69. The van der Waals surface area contributed by atoms with Crippen LogP contribution in [0.3, 0.4) is 0 Å². The summed E-state index contributed by atoms with van der Waals surface area (Å²) >= 11 is 0.